The number of amides is 2. The van der Waals surface area contributed by atoms with E-state index >= 15 is 0 Å². The molecule has 1 unspecified atom stereocenters. The van der Waals surface area contributed by atoms with Gasteiger partial charge in [-0.3, -0.25) is 9.59 Å². The molecule has 2 heterocycles. The molecule has 5 nitrogen and oxygen atoms in total. The van der Waals surface area contributed by atoms with Gasteiger partial charge in [0.15, 0.2) is 0 Å². The molecule has 2 saturated heterocycles. The second kappa shape index (κ2) is 6.69. The average molecular weight is 355 g/mol. The summed E-state index contributed by atoms with van der Waals surface area (Å²) in [4.78, 5) is 29.9. The molecule has 0 radical (unpaired) electrons. The van der Waals surface area contributed by atoms with E-state index in [0.29, 0.717) is 6.54 Å². The third-order valence-corrected chi connectivity index (χ3v) is 6.33. The number of hydrogen-bond donors (Lipinski definition) is 1. The molecular weight excluding hydrogens is 326 g/mol. The zero-order valence-corrected chi connectivity index (χ0v) is 15.9. The highest BCUT2D eigenvalue weighted by molar-refractivity contribution is 5.96. The van der Waals surface area contributed by atoms with Crippen molar-refractivity contribution in [3.63, 3.8) is 0 Å². The van der Waals surface area contributed by atoms with Crippen LogP contribution in [-0.4, -0.2) is 60.4 Å². The van der Waals surface area contributed by atoms with Gasteiger partial charge in [0.1, 0.15) is 0 Å². The van der Waals surface area contributed by atoms with Crippen LogP contribution in [0.15, 0.2) is 18.2 Å². The van der Waals surface area contributed by atoms with Crippen LogP contribution in [0.2, 0.25) is 0 Å². The number of aryl methyl sites for hydroxylation is 1. The van der Waals surface area contributed by atoms with Crippen LogP contribution >= 0.6 is 0 Å². The minimum atomic E-state index is -0.335. The molecule has 4 rings (SSSR count). The summed E-state index contributed by atoms with van der Waals surface area (Å²) in [7, 11) is 2.07. The predicted molar refractivity (Wildman–Crippen MR) is 101 cm³/mol. The van der Waals surface area contributed by atoms with Gasteiger partial charge in [-0.15, -0.1) is 0 Å². The maximum absolute atomic E-state index is 12.9. The normalized spacial score (nSPS) is 28.4. The summed E-state index contributed by atoms with van der Waals surface area (Å²) in [5.74, 6) is 0.393. The van der Waals surface area contributed by atoms with Crippen molar-refractivity contribution in [2.75, 3.05) is 33.2 Å². The first-order valence-corrected chi connectivity index (χ1v) is 9.86. The molecule has 1 aromatic carbocycles. The van der Waals surface area contributed by atoms with Gasteiger partial charge in [-0.1, -0.05) is 12.1 Å². The molecule has 2 fully saturated rings. The molecule has 2 amide bonds. The number of benzene rings is 1. The molecule has 1 N–H and O–H groups in total. The summed E-state index contributed by atoms with van der Waals surface area (Å²) in [6, 6.07) is 6.06. The Balaban J connectivity index is 1.42. The largest absolute Gasteiger partial charge is 0.345 e. The van der Waals surface area contributed by atoms with E-state index in [4.69, 9.17) is 0 Å². The third kappa shape index (κ3) is 3.25. The summed E-state index contributed by atoms with van der Waals surface area (Å²) in [6.45, 7) is 5.28. The monoisotopic (exact) mass is 355 g/mol. The van der Waals surface area contributed by atoms with Gasteiger partial charge < -0.3 is 15.1 Å². The average Bonchev–Trinajstić information content (AvgIpc) is 3.33. The van der Waals surface area contributed by atoms with Gasteiger partial charge in [-0.2, -0.15) is 0 Å². The molecule has 5 heteroatoms. The Morgan fingerprint density at radius 1 is 1.23 bits per heavy atom. The van der Waals surface area contributed by atoms with Crippen molar-refractivity contribution in [1.82, 2.24) is 15.1 Å². The van der Waals surface area contributed by atoms with Crippen LogP contribution in [-0.2, 0) is 17.6 Å². The predicted octanol–water partition coefficient (Wildman–Crippen LogP) is 1.85. The minimum Gasteiger partial charge on any atom is -0.345 e. The molecular formula is C21H29N3O2. The molecule has 1 aliphatic carbocycles. The third-order valence-electron chi connectivity index (χ3n) is 6.33. The van der Waals surface area contributed by atoms with E-state index in [2.05, 4.69) is 30.3 Å². The first-order valence-electron chi connectivity index (χ1n) is 9.86. The van der Waals surface area contributed by atoms with Crippen LogP contribution in [0.3, 0.4) is 0 Å². The molecule has 2 atom stereocenters. The number of rotatable bonds is 3. The highest BCUT2D eigenvalue weighted by Gasteiger charge is 2.40. The number of carbonyl (C=O) groups excluding carboxylic acids is 2. The Morgan fingerprint density at radius 2 is 2.08 bits per heavy atom. The van der Waals surface area contributed by atoms with E-state index in [9.17, 15) is 9.59 Å². The van der Waals surface area contributed by atoms with Crippen molar-refractivity contribution < 1.29 is 9.59 Å². The lowest BCUT2D eigenvalue weighted by Crippen LogP contribution is -2.49. The fourth-order valence-electron chi connectivity index (χ4n) is 4.82. The van der Waals surface area contributed by atoms with E-state index in [-0.39, 0.29) is 23.3 Å². The van der Waals surface area contributed by atoms with Crippen LogP contribution in [0, 0.1) is 5.92 Å². The van der Waals surface area contributed by atoms with E-state index in [1.165, 1.54) is 11.1 Å². The van der Waals surface area contributed by atoms with Gasteiger partial charge in [0, 0.05) is 25.2 Å². The fourth-order valence-corrected chi connectivity index (χ4v) is 4.82. The van der Waals surface area contributed by atoms with Crippen molar-refractivity contribution in [2.24, 2.45) is 5.92 Å². The first-order chi connectivity index (χ1) is 12.5. The van der Waals surface area contributed by atoms with Crippen molar-refractivity contribution >= 4 is 11.8 Å². The van der Waals surface area contributed by atoms with Crippen LogP contribution in [0.5, 0.6) is 0 Å². The SMILES string of the molecule is CN1CC[C@H](C(=O)N2CCC(C)(NC(=O)c3cccc4c3CCC4)C2)C1. The number of nitrogens with one attached hydrogen (secondary N) is 1. The smallest absolute Gasteiger partial charge is 0.252 e. The van der Waals surface area contributed by atoms with Gasteiger partial charge in [-0.25, -0.2) is 0 Å². The van der Waals surface area contributed by atoms with Crippen molar-refractivity contribution in [3.05, 3.63) is 34.9 Å². The van der Waals surface area contributed by atoms with Gasteiger partial charge >= 0.3 is 0 Å². The van der Waals surface area contributed by atoms with E-state index in [1.54, 1.807) is 0 Å². The highest BCUT2D eigenvalue weighted by atomic mass is 16.2. The molecule has 1 aromatic rings. The second-order valence-corrected chi connectivity index (χ2v) is 8.57. The Bertz CT molecular complexity index is 732. The second-order valence-electron chi connectivity index (χ2n) is 8.57. The van der Waals surface area contributed by atoms with Crippen LogP contribution in [0.25, 0.3) is 0 Å². The number of carbonyl (C=O) groups is 2. The first kappa shape index (κ1) is 17.5. The number of likely N-dealkylation sites (tertiary alicyclic amines) is 2. The van der Waals surface area contributed by atoms with Crippen molar-refractivity contribution in [2.45, 2.75) is 44.6 Å². The lowest BCUT2D eigenvalue weighted by Gasteiger charge is -2.27. The molecule has 0 spiro atoms. The quantitative estimate of drug-likeness (QED) is 0.900. The molecule has 2 aliphatic heterocycles. The molecule has 140 valence electrons. The molecule has 0 saturated carbocycles. The summed E-state index contributed by atoms with van der Waals surface area (Å²) in [5.41, 5.74) is 3.02. The Hall–Kier alpha value is -1.88. The molecule has 0 aromatic heterocycles. The van der Waals surface area contributed by atoms with Gasteiger partial charge in [0.25, 0.3) is 5.91 Å². The van der Waals surface area contributed by atoms with E-state index < -0.39 is 0 Å². The highest BCUT2D eigenvalue weighted by Crippen LogP contribution is 2.28. The van der Waals surface area contributed by atoms with Crippen molar-refractivity contribution in [1.29, 1.82) is 0 Å². The topological polar surface area (TPSA) is 52.7 Å². The Labute approximate surface area is 155 Å². The van der Waals surface area contributed by atoms with E-state index in [1.807, 2.05) is 17.0 Å². The Kier molecular flexibility index (Phi) is 4.51. The summed E-state index contributed by atoms with van der Waals surface area (Å²) < 4.78 is 0. The van der Waals surface area contributed by atoms with Gasteiger partial charge in [0.05, 0.1) is 11.5 Å². The lowest BCUT2D eigenvalue weighted by molar-refractivity contribution is -0.134. The summed E-state index contributed by atoms with van der Waals surface area (Å²) in [5, 5.41) is 3.24. The number of fused-ring (bicyclic) bond motifs is 1. The van der Waals surface area contributed by atoms with Crippen LogP contribution < -0.4 is 5.32 Å². The minimum absolute atomic E-state index is 0.0150. The fraction of sp³-hybridized carbons (Fsp3) is 0.619. The van der Waals surface area contributed by atoms with Crippen LogP contribution in [0.1, 0.15) is 47.7 Å². The van der Waals surface area contributed by atoms with Crippen molar-refractivity contribution in [3.8, 4) is 0 Å². The summed E-state index contributed by atoms with van der Waals surface area (Å²) in [6.07, 6.45) is 4.98. The van der Waals surface area contributed by atoms with E-state index in [0.717, 1.165) is 57.3 Å². The lowest BCUT2D eigenvalue weighted by atomic mass is 9.98. The number of hydrogen-bond acceptors (Lipinski definition) is 3. The zero-order valence-electron chi connectivity index (χ0n) is 15.9. The zero-order chi connectivity index (χ0) is 18.3. The Morgan fingerprint density at radius 3 is 2.85 bits per heavy atom. The molecule has 0 bridgehead atoms. The standard InChI is InChI=1S/C21H29N3O2/c1-21(10-12-24(14-21)20(26)16-9-11-23(2)13-16)22-19(25)18-8-4-6-15-5-3-7-17(15)18/h4,6,8,16H,3,5,7,9-14H2,1-2H3,(H,22,25)/t16-,21?/m0/s1. The maximum atomic E-state index is 12.9. The molecule has 3 aliphatic rings. The van der Waals surface area contributed by atoms with Gasteiger partial charge in [-0.05, 0) is 69.8 Å². The van der Waals surface area contributed by atoms with Gasteiger partial charge in [0.2, 0.25) is 5.91 Å². The summed E-state index contributed by atoms with van der Waals surface area (Å²) >= 11 is 0. The maximum Gasteiger partial charge on any atom is 0.252 e. The molecule has 26 heavy (non-hydrogen) atoms. The number of nitrogens with zero attached hydrogens (tertiary/aromatic N) is 2. The van der Waals surface area contributed by atoms with Crippen LogP contribution in [0.4, 0.5) is 0 Å².